The Labute approximate surface area is 317 Å². The number of rotatable bonds is 15. The molecule has 3 aromatic rings. The number of hydrogen-bond acceptors (Lipinski definition) is 9. The summed E-state index contributed by atoms with van der Waals surface area (Å²) >= 11 is 0. The van der Waals surface area contributed by atoms with Gasteiger partial charge in [0.2, 0.25) is 5.95 Å². The number of anilines is 2. The number of ether oxygens (including phenoxy) is 1. The Bertz CT molecular complexity index is 1890. The van der Waals surface area contributed by atoms with Gasteiger partial charge in [0.15, 0.2) is 15.6 Å². The lowest BCUT2D eigenvalue weighted by Crippen LogP contribution is -2.38. The fourth-order valence-electron chi connectivity index (χ4n) is 6.64. The number of carboxylic acids is 1. The van der Waals surface area contributed by atoms with Crippen molar-refractivity contribution in [3.05, 3.63) is 76.6 Å². The molecule has 4 atom stereocenters. The van der Waals surface area contributed by atoms with Gasteiger partial charge in [-0.25, -0.2) is 18.4 Å². The molecule has 1 aromatic heterocycles. The average molecular weight is 829 g/mol. The van der Waals surface area contributed by atoms with Gasteiger partial charge in [0.05, 0.1) is 53.4 Å². The SMILES string of the molecule is CCN(C[C@H]1CC[C@H](CC(=O)O)[C@@H](O)C1)c1ccc(C(F)(F)F)cc1CN(c1ncc(OCCS(C)(=O)=O)cn1)[C@@H](C)c1cc(C(F)(F)F)cc(C(F)(F)F)c1. The van der Waals surface area contributed by atoms with E-state index in [2.05, 4.69) is 9.97 Å². The maximum atomic E-state index is 14.2. The standard InChI is InChI=1S/C36H41F9N4O6S/c1-4-48(19-22-5-6-23(15-32(51)52)31(50)11-22)30-8-7-26(34(37,38)39)14-25(30)20-49(33-46-17-29(18-47-33)55-9-10-56(3,53)54)21(2)24-12-27(35(40,41)42)16-28(13-24)36(43,44)45/h7-8,12-14,16-18,21-23,31,50H,4-6,9-11,15,19-20H2,1-3H3,(H,51,52)/t21-,22-,23+,31-/m0/s1. The minimum absolute atomic E-state index is 0.0336. The Hall–Kier alpha value is -4.33. The second-order valence-electron chi connectivity index (χ2n) is 13.8. The molecule has 0 saturated heterocycles. The molecule has 2 N–H and O–H groups in total. The van der Waals surface area contributed by atoms with Gasteiger partial charge in [-0.2, -0.15) is 39.5 Å². The first kappa shape index (κ1) is 44.4. The van der Waals surface area contributed by atoms with Crippen molar-refractivity contribution in [3.63, 3.8) is 0 Å². The Morgan fingerprint density at radius 2 is 1.52 bits per heavy atom. The van der Waals surface area contributed by atoms with Crippen molar-refractivity contribution in [1.82, 2.24) is 9.97 Å². The molecule has 20 heteroatoms. The Morgan fingerprint density at radius 1 is 0.929 bits per heavy atom. The zero-order valence-electron chi connectivity index (χ0n) is 30.4. The van der Waals surface area contributed by atoms with Crippen LogP contribution in [0.2, 0.25) is 0 Å². The topological polar surface area (TPSA) is 133 Å². The number of carboxylic acid groups (broad SMARTS) is 1. The van der Waals surface area contributed by atoms with Crippen LogP contribution in [-0.2, 0) is 39.7 Å². The summed E-state index contributed by atoms with van der Waals surface area (Å²) in [5.74, 6) is -2.46. The van der Waals surface area contributed by atoms with Crippen LogP contribution in [-0.4, -0.2) is 72.4 Å². The van der Waals surface area contributed by atoms with Crippen LogP contribution < -0.4 is 14.5 Å². The van der Waals surface area contributed by atoms with E-state index in [1.165, 1.54) is 13.0 Å². The van der Waals surface area contributed by atoms with Crippen molar-refractivity contribution in [1.29, 1.82) is 0 Å². The predicted octanol–water partition coefficient (Wildman–Crippen LogP) is 7.80. The molecule has 310 valence electrons. The maximum absolute atomic E-state index is 14.2. The van der Waals surface area contributed by atoms with Crippen molar-refractivity contribution >= 4 is 27.4 Å². The molecule has 1 aliphatic carbocycles. The molecule has 1 saturated carbocycles. The van der Waals surface area contributed by atoms with Crippen molar-refractivity contribution < 1.29 is 67.7 Å². The Morgan fingerprint density at radius 3 is 2.02 bits per heavy atom. The van der Waals surface area contributed by atoms with Crippen molar-refractivity contribution in [2.45, 2.75) is 76.8 Å². The van der Waals surface area contributed by atoms with Crippen molar-refractivity contribution in [2.75, 3.05) is 41.5 Å². The Balaban J connectivity index is 1.81. The van der Waals surface area contributed by atoms with Crippen LogP contribution in [0.5, 0.6) is 5.75 Å². The summed E-state index contributed by atoms with van der Waals surface area (Å²) < 4.78 is 154. The van der Waals surface area contributed by atoms with E-state index < -0.39 is 81.2 Å². The normalized spacial score (nSPS) is 18.7. The summed E-state index contributed by atoms with van der Waals surface area (Å²) in [6, 6.07) is 2.42. The lowest BCUT2D eigenvalue weighted by molar-refractivity contribution is -0.143. The number of nitrogens with zero attached hydrogens (tertiary/aromatic N) is 4. The first-order chi connectivity index (χ1) is 25.9. The van der Waals surface area contributed by atoms with Crippen LogP contribution >= 0.6 is 0 Å². The molecule has 0 radical (unpaired) electrons. The molecule has 0 amide bonds. The molecule has 1 heterocycles. The summed E-state index contributed by atoms with van der Waals surface area (Å²) in [6.45, 7) is 2.57. The lowest BCUT2D eigenvalue weighted by atomic mass is 9.78. The van der Waals surface area contributed by atoms with Gasteiger partial charge in [0.25, 0.3) is 0 Å². The van der Waals surface area contributed by atoms with Gasteiger partial charge < -0.3 is 24.7 Å². The third-order valence-electron chi connectivity index (χ3n) is 9.60. The van der Waals surface area contributed by atoms with Crippen LogP contribution in [0.1, 0.15) is 73.4 Å². The van der Waals surface area contributed by atoms with E-state index in [0.29, 0.717) is 25.0 Å². The van der Waals surface area contributed by atoms with E-state index in [0.717, 1.165) is 35.7 Å². The quantitative estimate of drug-likeness (QED) is 0.146. The number of hydrogen-bond donors (Lipinski definition) is 2. The highest BCUT2D eigenvalue weighted by molar-refractivity contribution is 7.90. The number of aromatic nitrogens is 2. The summed E-state index contributed by atoms with van der Waals surface area (Å²) in [6.07, 6.45) is -12.2. The van der Waals surface area contributed by atoms with E-state index in [1.807, 2.05) is 0 Å². The number of alkyl halides is 9. The highest BCUT2D eigenvalue weighted by atomic mass is 32.2. The molecular formula is C36H41F9N4O6S. The number of halogens is 9. The minimum Gasteiger partial charge on any atom is -0.489 e. The average Bonchev–Trinajstić information content (AvgIpc) is 3.08. The number of aliphatic hydroxyl groups is 1. The number of benzene rings is 2. The molecular weight excluding hydrogens is 787 g/mol. The molecule has 0 aliphatic heterocycles. The van der Waals surface area contributed by atoms with Gasteiger partial charge in [-0.15, -0.1) is 0 Å². The van der Waals surface area contributed by atoms with E-state index >= 15 is 0 Å². The van der Waals surface area contributed by atoms with E-state index in [1.54, 1.807) is 11.8 Å². The summed E-state index contributed by atoms with van der Waals surface area (Å²) in [5, 5.41) is 19.9. The maximum Gasteiger partial charge on any atom is 0.416 e. The number of carbonyl (C=O) groups is 1. The van der Waals surface area contributed by atoms with Crippen LogP contribution in [0.3, 0.4) is 0 Å². The molecule has 10 nitrogen and oxygen atoms in total. The second-order valence-corrected chi connectivity index (χ2v) is 16.1. The van der Waals surface area contributed by atoms with Gasteiger partial charge in [-0.05, 0) is 92.5 Å². The van der Waals surface area contributed by atoms with Gasteiger partial charge in [-0.3, -0.25) is 4.79 Å². The molecule has 0 spiro atoms. The van der Waals surface area contributed by atoms with E-state index in [4.69, 9.17) is 4.74 Å². The predicted molar refractivity (Wildman–Crippen MR) is 187 cm³/mol. The van der Waals surface area contributed by atoms with Crippen LogP contribution in [0, 0.1) is 11.8 Å². The molecule has 0 unspecified atom stereocenters. The van der Waals surface area contributed by atoms with Crippen LogP contribution in [0.15, 0.2) is 48.8 Å². The molecule has 0 bridgehead atoms. The zero-order valence-corrected chi connectivity index (χ0v) is 31.2. The number of aliphatic carboxylic acids is 1. The second kappa shape index (κ2) is 17.4. The monoisotopic (exact) mass is 828 g/mol. The van der Waals surface area contributed by atoms with Crippen LogP contribution in [0.25, 0.3) is 0 Å². The van der Waals surface area contributed by atoms with Gasteiger partial charge >= 0.3 is 24.5 Å². The van der Waals surface area contributed by atoms with Gasteiger partial charge in [-0.1, -0.05) is 0 Å². The van der Waals surface area contributed by atoms with E-state index in [-0.39, 0.29) is 73.2 Å². The largest absolute Gasteiger partial charge is 0.489 e. The zero-order chi connectivity index (χ0) is 41.8. The number of aliphatic hydroxyl groups excluding tert-OH is 1. The molecule has 1 aliphatic rings. The van der Waals surface area contributed by atoms with Gasteiger partial charge in [0, 0.05) is 31.6 Å². The van der Waals surface area contributed by atoms with Crippen molar-refractivity contribution in [2.24, 2.45) is 11.8 Å². The first-order valence-electron chi connectivity index (χ1n) is 17.4. The van der Waals surface area contributed by atoms with E-state index in [9.17, 15) is 62.9 Å². The summed E-state index contributed by atoms with van der Waals surface area (Å²) in [5.41, 5.74) is -4.59. The first-order valence-corrected chi connectivity index (χ1v) is 19.4. The molecule has 2 aromatic carbocycles. The summed E-state index contributed by atoms with van der Waals surface area (Å²) in [7, 11) is -3.42. The number of sulfone groups is 1. The third-order valence-corrected chi connectivity index (χ3v) is 10.5. The molecule has 4 rings (SSSR count). The fraction of sp³-hybridized carbons (Fsp3) is 0.528. The molecule has 1 fully saturated rings. The fourth-order valence-corrected chi connectivity index (χ4v) is 7.02. The smallest absolute Gasteiger partial charge is 0.416 e. The summed E-state index contributed by atoms with van der Waals surface area (Å²) in [4.78, 5) is 22.4. The lowest BCUT2D eigenvalue weighted by Gasteiger charge is -2.37. The minimum atomic E-state index is -5.20. The highest BCUT2D eigenvalue weighted by Crippen LogP contribution is 2.41. The third kappa shape index (κ3) is 12.1. The van der Waals surface area contributed by atoms with Crippen LogP contribution in [0.4, 0.5) is 51.1 Å². The van der Waals surface area contributed by atoms with Gasteiger partial charge in [0.1, 0.15) is 6.61 Å². The van der Waals surface area contributed by atoms with Crippen molar-refractivity contribution in [3.8, 4) is 5.75 Å². The highest BCUT2D eigenvalue weighted by Gasteiger charge is 2.39. The molecule has 56 heavy (non-hydrogen) atoms. The Kier molecular flexibility index (Phi) is 13.8.